The molecule has 4 heteroatoms. The lowest BCUT2D eigenvalue weighted by Gasteiger charge is -2.04. The third-order valence-corrected chi connectivity index (χ3v) is 3.87. The fraction of sp³-hybridized carbons (Fsp3) is 0.158. The number of hydrogen-bond donors (Lipinski definition) is 0. The van der Waals surface area contributed by atoms with Gasteiger partial charge in [-0.1, -0.05) is 49.7 Å². The van der Waals surface area contributed by atoms with E-state index >= 15 is 0 Å². The maximum absolute atomic E-state index is 12.0. The molecule has 0 fully saturated rings. The van der Waals surface area contributed by atoms with Gasteiger partial charge in [0.1, 0.15) is 0 Å². The van der Waals surface area contributed by atoms with Crippen molar-refractivity contribution in [3.63, 3.8) is 0 Å². The van der Waals surface area contributed by atoms with E-state index in [2.05, 4.69) is 31.0 Å². The first-order chi connectivity index (χ1) is 11.0. The molecule has 0 saturated heterocycles. The van der Waals surface area contributed by atoms with E-state index < -0.39 is 5.97 Å². The van der Waals surface area contributed by atoms with Crippen molar-refractivity contribution in [1.29, 1.82) is 0 Å². The summed E-state index contributed by atoms with van der Waals surface area (Å²) in [5.41, 5.74) is 3.20. The topological polar surface area (TPSA) is 38.7 Å². The van der Waals surface area contributed by atoms with Crippen LogP contribution in [0.2, 0.25) is 5.02 Å². The molecular formula is C19H16ClNO2. The average Bonchev–Trinajstić information content (AvgIpc) is 2.89. The van der Waals surface area contributed by atoms with Crippen molar-refractivity contribution in [2.24, 2.45) is 4.99 Å². The molecule has 1 aliphatic rings. The number of halogens is 1. The summed E-state index contributed by atoms with van der Waals surface area (Å²) >= 11 is 5.86. The summed E-state index contributed by atoms with van der Waals surface area (Å²) < 4.78 is 5.23. The molecule has 0 aromatic heterocycles. The van der Waals surface area contributed by atoms with Crippen molar-refractivity contribution in [3.8, 4) is 0 Å². The van der Waals surface area contributed by atoms with E-state index in [1.54, 1.807) is 30.3 Å². The number of carbonyl (C=O) groups excluding carboxylic acids is 1. The monoisotopic (exact) mass is 325 g/mol. The predicted molar refractivity (Wildman–Crippen MR) is 92.6 cm³/mol. The Balaban J connectivity index is 1.87. The van der Waals surface area contributed by atoms with Crippen LogP contribution in [-0.2, 0) is 9.53 Å². The Kier molecular flexibility index (Phi) is 4.30. The Hall–Kier alpha value is -2.39. The van der Waals surface area contributed by atoms with E-state index in [4.69, 9.17) is 16.3 Å². The van der Waals surface area contributed by atoms with Crippen LogP contribution in [0.3, 0.4) is 0 Å². The summed E-state index contributed by atoms with van der Waals surface area (Å²) in [5, 5.41) is 0.625. The number of ether oxygens (including phenoxy) is 1. The Morgan fingerprint density at radius 2 is 1.70 bits per heavy atom. The molecule has 0 atom stereocenters. The number of aliphatic imine (C=N–C) groups is 1. The first kappa shape index (κ1) is 15.5. The minimum atomic E-state index is -0.442. The lowest BCUT2D eigenvalue weighted by molar-refractivity contribution is -0.129. The highest BCUT2D eigenvalue weighted by Gasteiger charge is 2.24. The molecule has 0 bridgehead atoms. The van der Waals surface area contributed by atoms with Gasteiger partial charge in [-0.3, -0.25) is 0 Å². The van der Waals surface area contributed by atoms with E-state index in [-0.39, 0.29) is 0 Å². The fourth-order valence-corrected chi connectivity index (χ4v) is 2.39. The normalized spacial score (nSPS) is 15.9. The van der Waals surface area contributed by atoms with Crippen LogP contribution < -0.4 is 0 Å². The summed E-state index contributed by atoms with van der Waals surface area (Å²) in [7, 11) is 0. The Labute approximate surface area is 140 Å². The van der Waals surface area contributed by atoms with E-state index in [0.29, 0.717) is 22.5 Å². The molecule has 0 aliphatic carbocycles. The number of benzene rings is 2. The maximum atomic E-state index is 12.0. The van der Waals surface area contributed by atoms with Gasteiger partial charge >= 0.3 is 5.97 Å². The van der Waals surface area contributed by atoms with Gasteiger partial charge in [-0.25, -0.2) is 9.79 Å². The van der Waals surface area contributed by atoms with E-state index in [0.717, 1.165) is 11.1 Å². The van der Waals surface area contributed by atoms with Crippen LogP contribution in [0.25, 0.3) is 6.08 Å². The van der Waals surface area contributed by atoms with Gasteiger partial charge in [0.15, 0.2) is 5.70 Å². The zero-order valence-electron chi connectivity index (χ0n) is 12.9. The number of esters is 1. The van der Waals surface area contributed by atoms with E-state index in [1.807, 2.05) is 12.1 Å². The fourth-order valence-electron chi connectivity index (χ4n) is 2.26. The van der Waals surface area contributed by atoms with Crippen LogP contribution in [-0.4, -0.2) is 11.9 Å². The minimum absolute atomic E-state index is 0.298. The van der Waals surface area contributed by atoms with Crippen molar-refractivity contribution >= 4 is 29.5 Å². The van der Waals surface area contributed by atoms with Crippen LogP contribution in [0.4, 0.5) is 0 Å². The number of cyclic esters (lactones) is 1. The Morgan fingerprint density at radius 3 is 2.30 bits per heavy atom. The van der Waals surface area contributed by atoms with Gasteiger partial charge in [0.05, 0.1) is 0 Å². The lowest BCUT2D eigenvalue weighted by atomic mass is 10.0. The molecule has 2 aromatic rings. The van der Waals surface area contributed by atoms with Crippen LogP contribution in [0.1, 0.15) is 36.5 Å². The van der Waals surface area contributed by atoms with Crippen LogP contribution >= 0.6 is 11.6 Å². The number of nitrogens with zero attached hydrogens (tertiary/aromatic N) is 1. The largest absolute Gasteiger partial charge is 0.402 e. The molecular weight excluding hydrogens is 310 g/mol. The Bertz CT molecular complexity index is 787. The first-order valence-corrected chi connectivity index (χ1v) is 7.79. The second-order valence-corrected chi connectivity index (χ2v) is 6.10. The summed E-state index contributed by atoms with van der Waals surface area (Å²) in [5.74, 6) is 0.335. The van der Waals surface area contributed by atoms with Crippen molar-refractivity contribution < 1.29 is 9.53 Å². The summed E-state index contributed by atoms with van der Waals surface area (Å²) in [6, 6.07) is 15.1. The average molecular weight is 326 g/mol. The highest BCUT2D eigenvalue weighted by molar-refractivity contribution is 6.30. The smallest absolute Gasteiger partial charge is 0.363 e. The van der Waals surface area contributed by atoms with Gasteiger partial charge in [-0.15, -0.1) is 0 Å². The molecule has 0 N–H and O–H groups in total. The minimum Gasteiger partial charge on any atom is -0.402 e. The van der Waals surface area contributed by atoms with Gasteiger partial charge in [0, 0.05) is 10.6 Å². The van der Waals surface area contributed by atoms with Gasteiger partial charge in [0.2, 0.25) is 5.90 Å². The second kappa shape index (κ2) is 6.39. The van der Waals surface area contributed by atoms with Crippen molar-refractivity contribution in [3.05, 3.63) is 75.9 Å². The molecule has 0 radical (unpaired) electrons. The van der Waals surface area contributed by atoms with Gasteiger partial charge in [0.25, 0.3) is 0 Å². The molecule has 2 aromatic carbocycles. The second-order valence-electron chi connectivity index (χ2n) is 5.66. The van der Waals surface area contributed by atoms with Crippen LogP contribution in [0.5, 0.6) is 0 Å². The predicted octanol–water partition coefficient (Wildman–Crippen LogP) is 4.81. The summed E-state index contributed by atoms with van der Waals surface area (Å²) in [4.78, 5) is 16.3. The highest BCUT2D eigenvalue weighted by atomic mass is 35.5. The molecule has 0 amide bonds. The van der Waals surface area contributed by atoms with Crippen LogP contribution in [0.15, 0.2) is 59.2 Å². The van der Waals surface area contributed by atoms with Crippen molar-refractivity contribution in [2.75, 3.05) is 0 Å². The standard InChI is InChI=1S/C19H16ClNO2/c1-12(2)14-5-3-13(4-6-14)11-17-19(22)23-18(21-17)15-7-9-16(20)10-8-15/h3-12H,1-2H3. The SMILES string of the molecule is CC(C)c1ccc(C=C2N=C(c3ccc(Cl)cc3)OC2=O)cc1. The first-order valence-electron chi connectivity index (χ1n) is 7.41. The van der Waals surface area contributed by atoms with E-state index in [9.17, 15) is 4.79 Å². The maximum Gasteiger partial charge on any atom is 0.363 e. The number of rotatable bonds is 3. The highest BCUT2D eigenvalue weighted by Crippen LogP contribution is 2.21. The lowest BCUT2D eigenvalue weighted by Crippen LogP contribution is -2.05. The van der Waals surface area contributed by atoms with Crippen LogP contribution in [0, 0.1) is 0 Å². The van der Waals surface area contributed by atoms with Crippen molar-refractivity contribution in [2.45, 2.75) is 19.8 Å². The molecule has 0 unspecified atom stereocenters. The van der Waals surface area contributed by atoms with E-state index in [1.165, 1.54) is 5.56 Å². The molecule has 3 rings (SSSR count). The van der Waals surface area contributed by atoms with Crippen molar-refractivity contribution in [1.82, 2.24) is 0 Å². The zero-order valence-corrected chi connectivity index (χ0v) is 13.7. The molecule has 116 valence electrons. The third kappa shape index (κ3) is 3.51. The summed E-state index contributed by atoms with van der Waals surface area (Å²) in [6.45, 7) is 4.29. The molecule has 3 nitrogen and oxygen atoms in total. The number of hydrogen-bond acceptors (Lipinski definition) is 3. The molecule has 0 spiro atoms. The van der Waals surface area contributed by atoms with Gasteiger partial charge in [-0.05, 0) is 47.4 Å². The zero-order chi connectivity index (χ0) is 16.4. The molecule has 1 heterocycles. The van der Waals surface area contributed by atoms with Gasteiger partial charge < -0.3 is 4.74 Å². The molecule has 1 aliphatic heterocycles. The Morgan fingerprint density at radius 1 is 1.04 bits per heavy atom. The summed E-state index contributed by atoms with van der Waals surface area (Å²) in [6.07, 6.45) is 1.73. The molecule has 23 heavy (non-hydrogen) atoms. The van der Waals surface area contributed by atoms with Gasteiger partial charge in [-0.2, -0.15) is 0 Å². The third-order valence-electron chi connectivity index (χ3n) is 3.62. The quantitative estimate of drug-likeness (QED) is 0.600. The number of carbonyl (C=O) groups is 1. The molecule has 0 saturated carbocycles.